The number of para-hydroxylation sites is 1. The summed E-state index contributed by atoms with van der Waals surface area (Å²) >= 11 is 0. The van der Waals surface area contributed by atoms with E-state index in [0.29, 0.717) is 5.56 Å². The van der Waals surface area contributed by atoms with Gasteiger partial charge in [0, 0.05) is 5.69 Å². The van der Waals surface area contributed by atoms with Crippen LogP contribution in [0.1, 0.15) is 23.2 Å². The second-order valence-corrected chi connectivity index (χ2v) is 4.95. The fourth-order valence-electron chi connectivity index (χ4n) is 2.53. The van der Waals surface area contributed by atoms with Crippen LogP contribution < -0.4 is 15.2 Å². The third-order valence-electron chi connectivity index (χ3n) is 3.53. The van der Waals surface area contributed by atoms with Crippen LogP contribution in [0.5, 0.6) is 0 Å². The van der Waals surface area contributed by atoms with Gasteiger partial charge >= 0.3 is 0 Å². The van der Waals surface area contributed by atoms with E-state index in [1.807, 2.05) is 48.7 Å². The Labute approximate surface area is 118 Å². The monoisotopic (exact) mass is 268 g/mol. The largest absolute Gasteiger partial charge is 0.322 e. The van der Waals surface area contributed by atoms with Gasteiger partial charge < -0.3 is 5.32 Å². The molecular weight excluding hydrogens is 250 g/mol. The number of carbonyl (C=O) groups is 1. The summed E-state index contributed by atoms with van der Waals surface area (Å²) in [6.07, 6.45) is 4.23. The third-order valence-corrected chi connectivity index (χ3v) is 3.53. The predicted octanol–water partition coefficient (Wildman–Crippen LogP) is 2.35. The van der Waals surface area contributed by atoms with Crippen LogP contribution in [0.2, 0.25) is 0 Å². The molecule has 1 aliphatic heterocycles. The van der Waals surface area contributed by atoms with Crippen molar-refractivity contribution in [2.24, 2.45) is 0 Å². The van der Waals surface area contributed by atoms with E-state index < -0.39 is 0 Å². The quantitative estimate of drug-likeness (QED) is 0.929. The van der Waals surface area contributed by atoms with Gasteiger partial charge in [0.15, 0.2) is 0 Å². The number of hydrogen-bond acceptors (Lipinski definition) is 2. The maximum atomic E-state index is 12.4. The lowest BCUT2D eigenvalue weighted by atomic mass is 10.2. The highest BCUT2D eigenvalue weighted by Crippen LogP contribution is 2.20. The maximum Gasteiger partial charge on any atom is 0.287 e. The van der Waals surface area contributed by atoms with E-state index in [-0.39, 0.29) is 5.91 Å². The van der Waals surface area contributed by atoms with Crippen LogP contribution in [0.15, 0.2) is 48.7 Å². The molecule has 0 atom stereocenters. The minimum Gasteiger partial charge on any atom is -0.322 e. The van der Waals surface area contributed by atoms with E-state index >= 15 is 0 Å². The third kappa shape index (κ3) is 2.64. The molecule has 2 N–H and O–H groups in total. The highest BCUT2D eigenvalue weighted by molar-refractivity contribution is 6.07. The zero-order valence-electron chi connectivity index (χ0n) is 11.3. The van der Waals surface area contributed by atoms with Gasteiger partial charge in [-0.3, -0.25) is 9.69 Å². The molecule has 0 bridgehead atoms. The van der Waals surface area contributed by atoms with Gasteiger partial charge in [0.25, 0.3) is 11.7 Å². The average Bonchev–Trinajstić information content (AvgIpc) is 3.02. The van der Waals surface area contributed by atoms with Crippen molar-refractivity contribution in [3.05, 3.63) is 54.2 Å². The Hall–Kier alpha value is -2.36. The Kier molecular flexibility index (Phi) is 3.63. The maximum absolute atomic E-state index is 12.4. The van der Waals surface area contributed by atoms with Crippen LogP contribution in [0.25, 0.3) is 0 Å². The predicted molar refractivity (Wildman–Crippen MR) is 78.8 cm³/mol. The molecule has 102 valence electrons. The zero-order valence-corrected chi connectivity index (χ0v) is 11.3. The summed E-state index contributed by atoms with van der Waals surface area (Å²) in [7, 11) is 0. The molecule has 1 aromatic heterocycles. The Balaban J connectivity index is 1.84. The smallest absolute Gasteiger partial charge is 0.287 e. The topological polar surface area (TPSA) is 46.5 Å². The number of amides is 1. The van der Waals surface area contributed by atoms with E-state index in [0.717, 1.165) is 24.6 Å². The van der Waals surface area contributed by atoms with Crippen LogP contribution in [0, 0.1) is 0 Å². The number of anilines is 2. The van der Waals surface area contributed by atoms with Crippen LogP contribution in [0.3, 0.4) is 0 Å². The molecule has 2 heterocycles. The van der Waals surface area contributed by atoms with E-state index in [1.54, 1.807) is 0 Å². The molecule has 0 saturated carbocycles. The molecule has 1 fully saturated rings. The lowest BCUT2D eigenvalue weighted by Gasteiger charge is -2.12. The summed E-state index contributed by atoms with van der Waals surface area (Å²) in [6.45, 7) is 2.01. The Bertz CT molecular complexity index is 592. The van der Waals surface area contributed by atoms with Gasteiger partial charge in [-0.25, -0.2) is 4.98 Å². The van der Waals surface area contributed by atoms with E-state index in [4.69, 9.17) is 0 Å². The van der Waals surface area contributed by atoms with Crippen molar-refractivity contribution < 1.29 is 9.78 Å². The molecule has 0 unspecified atom stereocenters. The number of nitrogens with one attached hydrogen (secondary N) is 2. The minimum atomic E-state index is -0.0741. The molecule has 20 heavy (non-hydrogen) atoms. The number of nitrogens with zero attached hydrogens (tertiary/aromatic N) is 1. The number of H-pyrrole nitrogens is 1. The average molecular weight is 268 g/mol. The summed E-state index contributed by atoms with van der Waals surface area (Å²) < 4.78 is 0. The number of rotatable bonds is 3. The second kappa shape index (κ2) is 5.74. The fourth-order valence-corrected chi connectivity index (χ4v) is 2.53. The molecule has 1 aromatic carbocycles. The first kappa shape index (κ1) is 12.7. The van der Waals surface area contributed by atoms with Gasteiger partial charge in [-0.05, 0) is 37.1 Å². The minimum absolute atomic E-state index is 0.0741. The van der Waals surface area contributed by atoms with Gasteiger partial charge in [0.05, 0.1) is 19.3 Å². The molecule has 1 aliphatic rings. The van der Waals surface area contributed by atoms with Crippen LogP contribution in [-0.2, 0) is 0 Å². The Morgan fingerprint density at radius 2 is 1.80 bits per heavy atom. The van der Waals surface area contributed by atoms with Gasteiger partial charge in [-0.15, -0.1) is 0 Å². The van der Waals surface area contributed by atoms with Gasteiger partial charge in [0.1, 0.15) is 5.56 Å². The Morgan fingerprint density at radius 1 is 1.05 bits per heavy atom. The molecule has 1 saturated heterocycles. The highest BCUT2D eigenvalue weighted by Gasteiger charge is 2.26. The number of aromatic amines is 1. The number of pyridine rings is 1. The van der Waals surface area contributed by atoms with Gasteiger partial charge in [-0.1, -0.05) is 18.2 Å². The van der Waals surface area contributed by atoms with Crippen molar-refractivity contribution in [2.75, 3.05) is 23.3 Å². The van der Waals surface area contributed by atoms with Gasteiger partial charge in [0.2, 0.25) is 0 Å². The Morgan fingerprint density at radius 3 is 2.55 bits per heavy atom. The number of aromatic nitrogens is 1. The van der Waals surface area contributed by atoms with E-state index in [1.165, 1.54) is 12.8 Å². The van der Waals surface area contributed by atoms with Crippen molar-refractivity contribution >= 4 is 17.4 Å². The fraction of sp³-hybridized carbons (Fsp3) is 0.250. The molecule has 2 aromatic rings. The van der Waals surface area contributed by atoms with Crippen LogP contribution in [-0.4, -0.2) is 19.0 Å². The summed E-state index contributed by atoms with van der Waals surface area (Å²) in [4.78, 5) is 17.9. The lowest BCUT2D eigenvalue weighted by molar-refractivity contribution is -0.364. The number of benzene rings is 1. The molecule has 0 spiro atoms. The number of hydrogen-bond donors (Lipinski definition) is 1. The number of carbonyl (C=O) groups excluding carboxylic acids is 1. The molecule has 4 heteroatoms. The normalized spacial score (nSPS) is 14.3. The summed E-state index contributed by atoms with van der Waals surface area (Å²) in [5.41, 5.74) is 1.51. The van der Waals surface area contributed by atoms with E-state index in [2.05, 4.69) is 15.2 Å². The van der Waals surface area contributed by atoms with Crippen molar-refractivity contribution in [1.29, 1.82) is 0 Å². The summed E-state index contributed by atoms with van der Waals surface area (Å²) in [6, 6.07) is 13.3. The SMILES string of the molecule is O=C(Nc1ccccc1)c1ccc[nH+]c1N1CCCC1. The second-order valence-electron chi connectivity index (χ2n) is 4.95. The van der Waals surface area contributed by atoms with Gasteiger partial charge in [-0.2, -0.15) is 0 Å². The molecule has 1 amide bonds. The standard InChI is InChI=1S/C16H17N3O/c20-16(18-13-7-2-1-3-8-13)14-9-6-10-17-15(14)19-11-4-5-12-19/h1-3,6-10H,4-5,11-12H2,(H,18,20)/p+1. The van der Waals surface area contributed by atoms with E-state index in [9.17, 15) is 4.79 Å². The molecule has 0 aliphatic carbocycles. The summed E-state index contributed by atoms with van der Waals surface area (Å²) in [5, 5.41) is 2.94. The highest BCUT2D eigenvalue weighted by atomic mass is 16.1. The summed E-state index contributed by atoms with van der Waals surface area (Å²) in [5.74, 6) is 0.841. The first-order valence-electron chi connectivity index (χ1n) is 6.96. The molecule has 4 nitrogen and oxygen atoms in total. The first-order valence-corrected chi connectivity index (χ1v) is 6.96. The molecular formula is C16H18N3O+. The first-order chi connectivity index (χ1) is 9.84. The van der Waals surface area contributed by atoms with Crippen molar-refractivity contribution in [2.45, 2.75) is 12.8 Å². The van der Waals surface area contributed by atoms with Crippen LogP contribution >= 0.6 is 0 Å². The van der Waals surface area contributed by atoms with Crippen LogP contribution in [0.4, 0.5) is 11.5 Å². The van der Waals surface area contributed by atoms with Crippen molar-refractivity contribution in [3.63, 3.8) is 0 Å². The van der Waals surface area contributed by atoms with Crippen molar-refractivity contribution in [1.82, 2.24) is 0 Å². The lowest BCUT2D eigenvalue weighted by Crippen LogP contribution is -2.29. The molecule has 0 radical (unpaired) electrons. The zero-order chi connectivity index (χ0) is 13.8. The molecule has 3 rings (SSSR count). The van der Waals surface area contributed by atoms with Crippen molar-refractivity contribution in [3.8, 4) is 0 Å².